The molecule has 0 aliphatic carbocycles. The predicted octanol–water partition coefficient (Wildman–Crippen LogP) is 2.67. The molecule has 1 aromatic carbocycles. The molecule has 3 nitrogen and oxygen atoms in total. The molecule has 0 spiro atoms. The number of aromatic nitrogens is 1. The van der Waals surface area contributed by atoms with Gasteiger partial charge in [-0.05, 0) is 26.9 Å². The fourth-order valence-corrected chi connectivity index (χ4v) is 1.93. The second-order valence-corrected chi connectivity index (χ2v) is 3.90. The minimum atomic E-state index is 0.277. The van der Waals surface area contributed by atoms with Gasteiger partial charge in [0.2, 0.25) is 0 Å². The van der Waals surface area contributed by atoms with E-state index in [0.717, 1.165) is 20.8 Å². The van der Waals surface area contributed by atoms with E-state index < -0.39 is 0 Å². The molecule has 0 aliphatic heterocycles. The standard InChI is InChI=1S/C11H8BrNO2/c12-11-5-13-4-10-8(6-15-7-14)2-1-3-9(10)11/h1-5,7H,6H2. The van der Waals surface area contributed by atoms with Crippen molar-refractivity contribution in [1.29, 1.82) is 0 Å². The van der Waals surface area contributed by atoms with Crippen LogP contribution in [-0.2, 0) is 16.1 Å². The number of fused-ring (bicyclic) bond motifs is 1. The number of rotatable bonds is 3. The molecule has 4 heteroatoms. The summed E-state index contributed by atoms with van der Waals surface area (Å²) in [6.07, 6.45) is 3.51. The Morgan fingerprint density at radius 3 is 3.00 bits per heavy atom. The molecule has 2 rings (SSSR count). The topological polar surface area (TPSA) is 39.2 Å². The van der Waals surface area contributed by atoms with E-state index in [4.69, 9.17) is 4.74 Å². The lowest BCUT2D eigenvalue weighted by molar-refractivity contribution is -0.129. The van der Waals surface area contributed by atoms with Crippen LogP contribution in [0.3, 0.4) is 0 Å². The summed E-state index contributed by atoms with van der Waals surface area (Å²) in [7, 11) is 0. The summed E-state index contributed by atoms with van der Waals surface area (Å²) in [6, 6.07) is 5.84. The third kappa shape index (κ3) is 1.99. The molecular weight excluding hydrogens is 258 g/mol. The van der Waals surface area contributed by atoms with Crippen LogP contribution in [0.2, 0.25) is 0 Å². The first-order valence-electron chi connectivity index (χ1n) is 4.39. The highest BCUT2D eigenvalue weighted by molar-refractivity contribution is 9.10. The lowest BCUT2D eigenvalue weighted by Gasteiger charge is -2.05. The number of benzene rings is 1. The van der Waals surface area contributed by atoms with Gasteiger partial charge in [0, 0.05) is 22.3 Å². The highest BCUT2D eigenvalue weighted by Crippen LogP contribution is 2.25. The number of carbonyl (C=O) groups is 1. The first-order valence-corrected chi connectivity index (χ1v) is 5.18. The van der Waals surface area contributed by atoms with Gasteiger partial charge >= 0.3 is 0 Å². The Bertz CT molecular complexity index is 499. The Kier molecular flexibility index (Phi) is 2.97. The first-order chi connectivity index (χ1) is 7.33. The average Bonchev–Trinajstić information content (AvgIpc) is 2.27. The number of carbonyl (C=O) groups excluding carboxylic acids is 1. The van der Waals surface area contributed by atoms with Crippen molar-refractivity contribution >= 4 is 33.2 Å². The van der Waals surface area contributed by atoms with Crippen LogP contribution >= 0.6 is 15.9 Å². The Morgan fingerprint density at radius 1 is 1.33 bits per heavy atom. The van der Waals surface area contributed by atoms with Gasteiger partial charge in [-0.25, -0.2) is 0 Å². The zero-order chi connectivity index (χ0) is 10.7. The lowest BCUT2D eigenvalue weighted by atomic mass is 10.1. The summed E-state index contributed by atoms with van der Waals surface area (Å²) in [6.45, 7) is 0.725. The molecule has 76 valence electrons. The van der Waals surface area contributed by atoms with E-state index in [1.54, 1.807) is 12.4 Å². The number of ether oxygens (including phenoxy) is 1. The molecule has 0 N–H and O–H groups in total. The highest BCUT2D eigenvalue weighted by Gasteiger charge is 2.03. The van der Waals surface area contributed by atoms with Crippen molar-refractivity contribution in [3.63, 3.8) is 0 Å². The van der Waals surface area contributed by atoms with Crippen molar-refractivity contribution in [3.05, 3.63) is 40.6 Å². The fraction of sp³-hybridized carbons (Fsp3) is 0.0909. The van der Waals surface area contributed by atoms with E-state index in [2.05, 4.69) is 20.9 Å². The largest absolute Gasteiger partial charge is 0.463 e. The van der Waals surface area contributed by atoms with E-state index in [9.17, 15) is 4.79 Å². The maximum atomic E-state index is 10.1. The van der Waals surface area contributed by atoms with Gasteiger partial charge in [-0.1, -0.05) is 18.2 Å². The van der Waals surface area contributed by atoms with Gasteiger partial charge in [0.05, 0.1) is 0 Å². The Balaban J connectivity index is 2.55. The minimum absolute atomic E-state index is 0.277. The van der Waals surface area contributed by atoms with Crippen LogP contribution in [-0.4, -0.2) is 11.5 Å². The minimum Gasteiger partial charge on any atom is -0.463 e. The van der Waals surface area contributed by atoms with Crippen molar-refractivity contribution < 1.29 is 9.53 Å². The van der Waals surface area contributed by atoms with E-state index >= 15 is 0 Å². The summed E-state index contributed by atoms with van der Waals surface area (Å²) in [5, 5.41) is 2.06. The second kappa shape index (κ2) is 4.40. The quantitative estimate of drug-likeness (QED) is 0.802. The van der Waals surface area contributed by atoms with Crippen LogP contribution < -0.4 is 0 Å². The molecule has 0 atom stereocenters. The van der Waals surface area contributed by atoms with Gasteiger partial charge in [-0.3, -0.25) is 9.78 Å². The summed E-state index contributed by atoms with van der Waals surface area (Å²) in [5.74, 6) is 0. The summed E-state index contributed by atoms with van der Waals surface area (Å²) in [5.41, 5.74) is 0.952. The molecule has 0 unspecified atom stereocenters. The average molecular weight is 266 g/mol. The number of hydrogen-bond donors (Lipinski definition) is 0. The van der Waals surface area contributed by atoms with Crippen LogP contribution in [0.4, 0.5) is 0 Å². The number of pyridine rings is 1. The Hall–Kier alpha value is -1.42. The van der Waals surface area contributed by atoms with Gasteiger partial charge in [0.1, 0.15) is 6.61 Å². The highest BCUT2D eigenvalue weighted by atomic mass is 79.9. The summed E-state index contributed by atoms with van der Waals surface area (Å²) < 4.78 is 5.68. The van der Waals surface area contributed by atoms with Crippen LogP contribution in [0.25, 0.3) is 10.8 Å². The molecule has 1 aromatic heterocycles. The van der Waals surface area contributed by atoms with E-state index in [0.29, 0.717) is 6.47 Å². The van der Waals surface area contributed by atoms with E-state index in [1.165, 1.54) is 0 Å². The van der Waals surface area contributed by atoms with Gasteiger partial charge < -0.3 is 4.74 Å². The monoisotopic (exact) mass is 265 g/mol. The SMILES string of the molecule is O=COCc1cccc2c(Br)cncc12. The van der Waals surface area contributed by atoms with Crippen LogP contribution in [0.1, 0.15) is 5.56 Å². The smallest absolute Gasteiger partial charge is 0.293 e. The van der Waals surface area contributed by atoms with E-state index in [1.807, 2.05) is 18.2 Å². The molecule has 0 bridgehead atoms. The van der Waals surface area contributed by atoms with Crippen molar-refractivity contribution in [2.45, 2.75) is 6.61 Å². The van der Waals surface area contributed by atoms with Crippen LogP contribution in [0.15, 0.2) is 35.1 Å². The molecule has 0 aliphatic rings. The number of halogens is 1. The van der Waals surface area contributed by atoms with Gasteiger partial charge in [-0.15, -0.1) is 0 Å². The molecule has 0 saturated carbocycles. The molecule has 0 saturated heterocycles. The zero-order valence-electron chi connectivity index (χ0n) is 7.81. The van der Waals surface area contributed by atoms with Crippen molar-refractivity contribution in [2.75, 3.05) is 0 Å². The van der Waals surface area contributed by atoms with E-state index in [-0.39, 0.29) is 6.61 Å². The molecule has 1 heterocycles. The van der Waals surface area contributed by atoms with Gasteiger partial charge in [0.15, 0.2) is 0 Å². The molecule has 0 amide bonds. The third-order valence-electron chi connectivity index (χ3n) is 2.15. The molecule has 15 heavy (non-hydrogen) atoms. The zero-order valence-corrected chi connectivity index (χ0v) is 9.40. The lowest BCUT2D eigenvalue weighted by Crippen LogP contribution is -1.92. The molecule has 0 radical (unpaired) electrons. The van der Waals surface area contributed by atoms with Crippen LogP contribution in [0.5, 0.6) is 0 Å². The first kappa shape index (κ1) is 10.1. The molecular formula is C11H8BrNO2. The maximum absolute atomic E-state index is 10.1. The Labute approximate surface area is 95.2 Å². The Morgan fingerprint density at radius 2 is 2.20 bits per heavy atom. The van der Waals surface area contributed by atoms with Crippen molar-refractivity contribution in [2.24, 2.45) is 0 Å². The molecule has 0 fully saturated rings. The predicted molar refractivity (Wildman–Crippen MR) is 60.3 cm³/mol. The number of hydrogen-bond acceptors (Lipinski definition) is 3. The van der Waals surface area contributed by atoms with Crippen LogP contribution in [0, 0.1) is 0 Å². The number of nitrogens with zero attached hydrogens (tertiary/aromatic N) is 1. The van der Waals surface area contributed by atoms with Gasteiger partial charge in [0.25, 0.3) is 6.47 Å². The molecule has 2 aromatic rings. The summed E-state index contributed by atoms with van der Waals surface area (Å²) in [4.78, 5) is 14.2. The maximum Gasteiger partial charge on any atom is 0.293 e. The second-order valence-electron chi connectivity index (χ2n) is 3.04. The summed E-state index contributed by atoms with van der Waals surface area (Å²) >= 11 is 3.43. The third-order valence-corrected chi connectivity index (χ3v) is 2.78. The van der Waals surface area contributed by atoms with Crippen molar-refractivity contribution in [1.82, 2.24) is 4.98 Å². The van der Waals surface area contributed by atoms with Crippen molar-refractivity contribution in [3.8, 4) is 0 Å². The van der Waals surface area contributed by atoms with Gasteiger partial charge in [-0.2, -0.15) is 0 Å². The normalized spacial score (nSPS) is 10.2. The fourth-order valence-electron chi connectivity index (χ4n) is 1.47.